The van der Waals surface area contributed by atoms with Crippen LogP contribution in [0.15, 0.2) is 77.4 Å². The van der Waals surface area contributed by atoms with Gasteiger partial charge in [-0.25, -0.2) is 4.98 Å². The van der Waals surface area contributed by atoms with Gasteiger partial charge in [0.15, 0.2) is 5.76 Å². The van der Waals surface area contributed by atoms with Crippen LogP contribution < -0.4 is 10.2 Å². The molecule has 7 heteroatoms. The van der Waals surface area contributed by atoms with E-state index >= 15 is 0 Å². The first-order valence-electron chi connectivity index (χ1n) is 10.6. The molecule has 1 N–H and O–H groups in total. The molecular formula is C25H26N4O3. The molecule has 0 spiro atoms. The molecule has 7 nitrogen and oxygen atoms in total. The van der Waals surface area contributed by atoms with Gasteiger partial charge < -0.3 is 19.2 Å². The molecule has 1 atom stereocenters. The Bertz CT molecular complexity index is 1210. The molecule has 0 saturated heterocycles. The fraction of sp³-hybridized carbons (Fsp3) is 0.240. The van der Waals surface area contributed by atoms with Crippen LogP contribution in [0.2, 0.25) is 0 Å². The first-order chi connectivity index (χ1) is 15.5. The monoisotopic (exact) mass is 430 g/mol. The van der Waals surface area contributed by atoms with Crippen LogP contribution in [0.1, 0.15) is 43.2 Å². The van der Waals surface area contributed by atoms with Crippen molar-refractivity contribution >= 4 is 28.5 Å². The van der Waals surface area contributed by atoms with Crippen molar-refractivity contribution in [1.29, 1.82) is 0 Å². The maximum atomic E-state index is 13.5. The molecular weight excluding hydrogens is 404 g/mol. The van der Waals surface area contributed by atoms with Gasteiger partial charge in [0.2, 0.25) is 5.91 Å². The Morgan fingerprint density at radius 2 is 1.72 bits per heavy atom. The zero-order valence-corrected chi connectivity index (χ0v) is 18.4. The minimum atomic E-state index is -0.433. The number of imidazole rings is 1. The summed E-state index contributed by atoms with van der Waals surface area (Å²) in [7, 11) is 0. The number of hydrogen-bond donors (Lipinski definition) is 1. The number of carbonyl (C=O) groups is 2. The molecule has 2 aromatic carbocycles. The van der Waals surface area contributed by atoms with Crippen LogP contribution in [0.5, 0.6) is 0 Å². The molecule has 164 valence electrons. The van der Waals surface area contributed by atoms with E-state index in [1.54, 1.807) is 17.0 Å². The Morgan fingerprint density at radius 3 is 2.41 bits per heavy atom. The standard InChI is InChI=1S/C25H26N4O3/c1-17(2)29(19-10-5-4-6-11-19)23(30)16-28-21-13-8-7-12-20(21)27-24(28)18(3)26-25(31)22-14-9-15-32-22/h4-15,17-18H,16H2,1-3H3,(H,26,31)/t18-/m1/s1. The van der Waals surface area contributed by atoms with Gasteiger partial charge in [0.1, 0.15) is 12.4 Å². The number of amides is 2. The number of fused-ring (bicyclic) bond motifs is 1. The topological polar surface area (TPSA) is 80.4 Å². The highest BCUT2D eigenvalue weighted by Crippen LogP contribution is 2.23. The van der Waals surface area contributed by atoms with E-state index in [2.05, 4.69) is 5.32 Å². The molecule has 4 aromatic rings. The minimum absolute atomic E-state index is 0.0146. The van der Waals surface area contributed by atoms with Gasteiger partial charge in [0.05, 0.1) is 23.3 Å². The van der Waals surface area contributed by atoms with Crippen molar-refractivity contribution in [3.8, 4) is 0 Å². The Kier molecular flexibility index (Phi) is 6.07. The van der Waals surface area contributed by atoms with Gasteiger partial charge in [-0.05, 0) is 57.2 Å². The van der Waals surface area contributed by atoms with Crippen LogP contribution in [0.4, 0.5) is 5.69 Å². The average molecular weight is 431 g/mol. The fourth-order valence-electron chi connectivity index (χ4n) is 3.86. The number of para-hydroxylation sites is 3. The Hall–Kier alpha value is -3.87. The second-order valence-corrected chi connectivity index (χ2v) is 7.91. The van der Waals surface area contributed by atoms with Crippen LogP contribution in [0, 0.1) is 0 Å². The van der Waals surface area contributed by atoms with Crippen LogP contribution in [-0.4, -0.2) is 27.4 Å². The Balaban J connectivity index is 1.67. The van der Waals surface area contributed by atoms with E-state index < -0.39 is 6.04 Å². The second-order valence-electron chi connectivity index (χ2n) is 7.91. The predicted molar refractivity (Wildman–Crippen MR) is 123 cm³/mol. The van der Waals surface area contributed by atoms with Crippen LogP contribution in [0.3, 0.4) is 0 Å². The van der Waals surface area contributed by atoms with Gasteiger partial charge in [-0.1, -0.05) is 30.3 Å². The fourth-order valence-corrected chi connectivity index (χ4v) is 3.86. The maximum Gasteiger partial charge on any atom is 0.287 e. The summed E-state index contributed by atoms with van der Waals surface area (Å²) in [6, 6.07) is 20.1. The Labute approximate surface area is 186 Å². The summed E-state index contributed by atoms with van der Waals surface area (Å²) in [5, 5.41) is 2.92. The molecule has 2 amide bonds. The highest BCUT2D eigenvalue weighted by Gasteiger charge is 2.24. The van der Waals surface area contributed by atoms with Gasteiger partial charge in [0, 0.05) is 11.7 Å². The molecule has 32 heavy (non-hydrogen) atoms. The third-order valence-corrected chi connectivity index (χ3v) is 5.28. The largest absolute Gasteiger partial charge is 0.459 e. The molecule has 0 saturated carbocycles. The number of aromatic nitrogens is 2. The SMILES string of the molecule is CC(C)N(C(=O)Cn1c([C@@H](C)NC(=O)c2ccco2)nc2ccccc21)c1ccccc1. The maximum absolute atomic E-state index is 13.5. The van der Waals surface area contributed by atoms with Gasteiger partial charge in [-0.3, -0.25) is 9.59 Å². The van der Waals surface area contributed by atoms with E-state index in [1.807, 2.05) is 79.9 Å². The van der Waals surface area contributed by atoms with E-state index in [0.29, 0.717) is 5.82 Å². The molecule has 0 aliphatic heterocycles. The lowest BCUT2D eigenvalue weighted by Gasteiger charge is -2.28. The van der Waals surface area contributed by atoms with E-state index in [0.717, 1.165) is 16.7 Å². The number of benzene rings is 2. The summed E-state index contributed by atoms with van der Waals surface area (Å²) < 4.78 is 7.07. The van der Waals surface area contributed by atoms with Crippen LogP contribution in [0.25, 0.3) is 11.0 Å². The van der Waals surface area contributed by atoms with E-state index in [4.69, 9.17) is 9.40 Å². The minimum Gasteiger partial charge on any atom is -0.459 e. The molecule has 0 bridgehead atoms. The lowest BCUT2D eigenvalue weighted by atomic mass is 10.2. The van der Waals surface area contributed by atoms with Crippen molar-refractivity contribution in [3.05, 3.63) is 84.6 Å². The van der Waals surface area contributed by atoms with Crippen LogP contribution >= 0.6 is 0 Å². The predicted octanol–water partition coefficient (Wildman–Crippen LogP) is 4.56. The summed E-state index contributed by atoms with van der Waals surface area (Å²) in [6.07, 6.45) is 1.46. The number of anilines is 1. The molecule has 2 heterocycles. The third-order valence-electron chi connectivity index (χ3n) is 5.28. The average Bonchev–Trinajstić information content (AvgIpc) is 3.43. The highest BCUT2D eigenvalue weighted by molar-refractivity contribution is 5.95. The van der Waals surface area contributed by atoms with Gasteiger partial charge in [-0.15, -0.1) is 0 Å². The third kappa shape index (κ3) is 4.27. The quantitative estimate of drug-likeness (QED) is 0.466. The molecule has 0 fully saturated rings. The van der Waals surface area contributed by atoms with Crippen molar-refractivity contribution < 1.29 is 14.0 Å². The number of nitrogens with one attached hydrogen (secondary N) is 1. The van der Waals surface area contributed by atoms with Gasteiger partial charge in [0.25, 0.3) is 5.91 Å². The van der Waals surface area contributed by atoms with Crippen molar-refractivity contribution in [2.24, 2.45) is 0 Å². The number of furan rings is 1. The highest BCUT2D eigenvalue weighted by atomic mass is 16.3. The first kappa shape index (κ1) is 21.4. The van der Waals surface area contributed by atoms with E-state index in [9.17, 15) is 9.59 Å². The summed E-state index contributed by atoms with van der Waals surface area (Å²) in [6.45, 7) is 5.93. The van der Waals surface area contributed by atoms with Crippen molar-refractivity contribution in [2.45, 2.75) is 39.4 Å². The number of rotatable bonds is 7. The number of nitrogens with zero attached hydrogens (tertiary/aromatic N) is 3. The van der Waals surface area contributed by atoms with Gasteiger partial charge >= 0.3 is 0 Å². The lowest BCUT2D eigenvalue weighted by Crippen LogP contribution is -2.40. The zero-order valence-electron chi connectivity index (χ0n) is 18.4. The lowest BCUT2D eigenvalue weighted by molar-refractivity contribution is -0.119. The Morgan fingerprint density at radius 1 is 1.00 bits per heavy atom. The molecule has 0 radical (unpaired) electrons. The van der Waals surface area contributed by atoms with E-state index in [1.165, 1.54) is 6.26 Å². The van der Waals surface area contributed by atoms with Crippen LogP contribution in [-0.2, 0) is 11.3 Å². The van der Waals surface area contributed by atoms with Gasteiger partial charge in [-0.2, -0.15) is 0 Å². The number of carbonyl (C=O) groups excluding carboxylic acids is 2. The van der Waals surface area contributed by atoms with Crippen molar-refractivity contribution in [1.82, 2.24) is 14.9 Å². The van der Waals surface area contributed by atoms with Crippen molar-refractivity contribution in [3.63, 3.8) is 0 Å². The molecule has 0 aliphatic carbocycles. The summed E-state index contributed by atoms with van der Waals surface area (Å²) in [4.78, 5) is 32.5. The number of hydrogen-bond acceptors (Lipinski definition) is 4. The van der Waals surface area contributed by atoms with Crippen molar-refractivity contribution in [2.75, 3.05) is 4.90 Å². The van der Waals surface area contributed by atoms with E-state index in [-0.39, 0.29) is 30.2 Å². The summed E-state index contributed by atoms with van der Waals surface area (Å²) >= 11 is 0. The molecule has 0 unspecified atom stereocenters. The molecule has 2 aromatic heterocycles. The zero-order chi connectivity index (χ0) is 22.7. The summed E-state index contributed by atoms with van der Waals surface area (Å²) in [5.41, 5.74) is 2.45. The molecule has 4 rings (SSSR count). The smallest absolute Gasteiger partial charge is 0.287 e. The molecule has 0 aliphatic rings. The second kappa shape index (κ2) is 9.09. The first-order valence-corrected chi connectivity index (χ1v) is 10.6. The normalized spacial score (nSPS) is 12.1. The summed E-state index contributed by atoms with van der Waals surface area (Å²) in [5.74, 6) is 0.447.